The maximum atomic E-state index is 11.4. The van der Waals surface area contributed by atoms with E-state index in [0.29, 0.717) is 25.0 Å². The summed E-state index contributed by atoms with van der Waals surface area (Å²) >= 11 is 0. The lowest BCUT2D eigenvalue weighted by molar-refractivity contribution is -0.121. The number of aryl methyl sites for hydroxylation is 1. The summed E-state index contributed by atoms with van der Waals surface area (Å²) in [5, 5.41) is 9.03. The fourth-order valence-electron chi connectivity index (χ4n) is 2.63. The third-order valence-electron chi connectivity index (χ3n) is 3.85. The van der Waals surface area contributed by atoms with Gasteiger partial charge in [0.15, 0.2) is 0 Å². The standard InChI is InChI=1S/C15H17NO/c1-12-2-4-13(5-3-12)15(10-11-16)8-6-14(17)7-9-15/h2-5H,6-10H2,1H3. The molecular formula is C15H17NO. The Balaban J connectivity index is 2.31. The summed E-state index contributed by atoms with van der Waals surface area (Å²) < 4.78 is 0. The topological polar surface area (TPSA) is 40.9 Å². The van der Waals surface area contributed by atoms with Gasteiger partial charge in [-0.1, -0.05) is 29.8 Å². The fourth-order valence-corrected chi connectivity index (χ4v) is 2.63. The zero-order valence-electron chi connectivity index (χ0n) is 10.2. The van der Waals surface area contributed by atoms with Crippen molar-refractivity contribution in [2.75, 3.05) is 0 Å². The Morgan fingerprint density at radius 2 is 1.82 bits per heavy atom. The molecule has 1 saturated carbocycles. The normalized spacial score (nSPS) is 18.7. The second-order valence-electron chi connectivity index (χ2n) is 5.02. The SMILES string of the molecule is Cc1ccc(C2(CC#N)CCC(=O)CC2)cc1. The van der Waals surface area contributed by atoms with Gasteiger partial charge in [0.1, 0.15) is 5.78 Å². The van der Waals surface area contributed by atoms with Crippen molar-refractivity contribution < 1.29 is 4.79 Å². The van der Waals surface area contributed by atoms with Crippen LogP contribution in [0.2, 0.25) is 0 Å². The molecule has 0 amide bonds. The van der Waals surface area contributed by atoms with Crippen molar-refractivity contribution in [3.63, 3.8) is 0 Å². The van der Waals surface area contributed by atoms with Crippen LogP contribution in [-0.2, 0) is 10.2 Å². The molecule has 88 valence electrons. The average molecular weight is 227 g/mol. The van der Waals surface area contributed by atoms with E-state index in [4.69, 9.17) is 5.26 Å². The molecule has 2 rings (SSSR count). The van der Waals surface area contributed by atoms with E-state index in [1.165, 1.54) is 11.1 Å². The summed E-state index contributed by atoms with van der Waals surface area (Å²) in [6, 6.07) is 10.7. The van der Waals surface area contributed by atoms with E-state index in [1.54, 1.807) is 0 Å². The smallest absolute Gasteiger partial charge is 0.132 e. The molecule has 1 aromatic carbocycles. The molecule has 0 N–H and O–H groups in total. The van der Waals surface area contributed by atoms with Crippen LogP contribution in [0.25, 0.3) is 0 Å². The van der Waals surface area contributed by atoms with E-state index in [1.807, 2.05) is 0 Å². The van der Waals surface area contributed by atoms with E-state index in [2.05, 4.69) is 37.3 Å². The number of nitriles is 1. The average Bonchev–Trinajstić information content (AvgIpc) is 2.34. The van der Waals surface area contributed by atoms with Gasteiger partial charge in [0.05, 0.1) is 6.07 Å². The molecule has 2 heteroatoms. The van der Waals surface area contributed by atoms with Gasteiger partial charge in [0.2, 0.25) is 0 Å². The number of hydrogen-bond donors (Lipinski definition) is 0. The van der Waals surface area contributed by atoms with Crippen molar-refractivity contribution in [2.24, 2.45) is 0 Å². The van der Waals surface area contributed by atoms with Gasteiger partial charge < -0.3 is 0 Å². The first kappa shape index (κ1) is 11.9. The first-order valence-electron chi connectivity index (χ1n) is 6.12. The van der Waals surface area contributed by atoms with Gasteiger partial charge in [-0.15, -0.1) is 0 Å². The zero-order chi connectivity index (χ0) is 12.3. The monoisotopic (exact) mass is 227 g/mol. The van der Waals surface area contributed by atoms with Crippen LogP contribution in [0.15, 0.2) is 24.3 Å². The number of carbonyl (C=O) groups excluding carboxylic acids is 1. The van der Waals surface area contributed by atoms with Crippen LogP contribution in [-0.4, -0.2) is 5.78 Å². The van der Waals surface area contributed by atoms with Crippen molar-refractivity contribution in [1.82, 2.24) is 0 Å². The van der Waals surface area contributed by atoms with E-state index in [9.17, 15) is 4.79 Å². The van der Waals surface area contributed by atoms with E-state index in [-0.39, 0.29) is 5.41 Å². The van der Waals surface area contributed by atoms with E-state index >= 15 is 0 Å². The third-order valence-corrected chi connectivity index (χ3v) is 3.85. The predicted octanol–water partition coefficient (Wildman–Crippen LogP) is 3.29. The maximum absolute atomic E-state index is 11.4. The van der Waals surface area contributed by atoms with Gasteiger partial charge >= 0.3 is 0 Å². The van der Waals surface area contributed by atoms with Crippen LogP contribution in [0.5, 0.6) is 0 Å². The molecule has 0 atom stereocenters. The molecule has 0 unspecified atom stereocenters. The zero-order valence-corrected chi connectivity index (χ0v) is 10.2. The lowest BCUT2D eigenvalue weighted by Crippen LogP contribution is -2.31. The Hall–Kier alpha value is -1.62. The minimum Gasteiger partial charge on any atom is -0.300 e. The number of Topliss-reactive ketones (excluding diaryl/α,β-unsaturated/α-hetero) is 1. The van der Waals surface area contributed by atoms with Gasteiger partial charge in [0, 0.05) is 24.7 Å². The van der Waals surface area contributed by atoms with Crippen LogP contribution < -0.4 is 0 Å². The molecule has 0 saturated heterocycles. The van der Waals surface area contributed by atoms with Crippen LogP contribution in [0.3, 0.4) is 0 Å². The molecule has 0 aromatic heterocycles. The molecule has 1 aliphatic rings. The van der Waals surface area contributed by atoms with Crippen LogP contribution in [0, 0.1) is 18.3 Å². The lowest BCUT2D eigenvalue weighted by atomic mass is 9.67. The van der Waals surface area contributed by atoms with Crippen molar-refractivity contribution >= 4 is 5.78 Å². The Morgan fingerprint density at radius 1 is 1.24 bits per heavy atom. The Kier molecular flexibility index (Phi) is 3.28. The number of benzene rings is 1. The third kappa shape index (κ3) is 2.39. The Labute approximate surface area is 102 Å². The van der Waals surface area contributed by atoms with Crippen LogP contribution in [0.4, 0.5) is 0 Å². The highest BCUT2D eigenvalue weighted by Crippen LogP contribution is 2.40. The summed E-state index contributed by atoms with van der Waals surface area (Å²) in [4.78, 5) is 11.4. The molecule has 0 aliphatic heterocycles. The molecule has 2 nitrogen and oxygen atoms in total. The minimum absolute atomic E-state index is 0.0869. The predicted molar refractivity (Wildman–Crippen MR) is 66.6 cm³/mol. The highest BCUT2D eigenvalue weighted by atomic mass is 16.1. The van der Waals surface area contributed by atoms with Crippen LogP contribution in [0.1, 0.15) is 43.2 Å². The fraction of sp³-hybridized carbons (Fsp3) is 0.467. The van der Waals surface area contributed by atoms with Crippen molar-refractivity contribution in [1.29, 1.82) is 5.26 Å². The summed E-state index contributed by atoms with van der Waals surface area (Å²) in [5.41, 5.74) is 2.36. The summed E-state index contributed by atoms with van der Waals surface area (Å²) in [5.74, 6) is 0.339. The summed E-state index contributed by atoms with van der Waals surface area (Å²) in [6.07, 6.45) is 3.40. The first-order valence-corrected chi connectivity index (χ1v) is 6.12. The second kappa shape index (κ2) is 4.71. The molecular weight excluding hydrogens is 210 g/mol. The van der Waals surface area contributed by atoms with Gasteiger partial charge in [-0.25, -0.2) is 0 Å². The highest BCUT2D eigenvalue weighted by Gasteiger charge is 2.36. The van der Waals surface area contributed by atoms with Crippen molar-refractivity contribution in [3.8, 4) is 6.07 Å². The molecule has 0 heterocycles. The number of hydrogen-bond acceptors (Lipinski definition) is 2. The quantitative estimate of drug-likeness (QED) is 0.777. The molecule has 0 bridgehead atoms. The minimum atomic E-state index is -0.0869. The second-order valence-corrected chi connectivity index (χ2v) is 5.02. The Morgan fingerprint density at radius 3 is 2.35 bits per heavy atom. The Bertz CT molecular complexity index is 443. The molecule has 0 spiro atoms. The first-order chi connectivity index (χ1) is 8.16. The molecule has 1 aliphatic carbocycles. The highest BCUT2D eigenvalue weighted by molar-refractivity contribution is 5.79. The molecule has 17 heavy (non-hydrogen) atoms. The number of ketones is 1. The van der Waals surface area contributed by atoms with Crippen molar-refractivity contribution in [2.45, 2.75) is 44.4 Å². The maximum Gasteiger partial charge on any atom is 0.132 e. The van der Waals surface area contributed by atoms with Crippen molar-refractivity contribution in [3.05, 3.63) is 35.4 Å². The summed E-state index contributed by atoms with van der Waals surface area (Å²) in [6.45, 7) is 2.06. The van der Waals surface area contributed by atoms with E-state index in [0.717, 1.165) is 12.8 Å². The van der Waals surface area contributed by atoms with Gasteiger partial charge in [0.25, 0.3) is 0 Å². The number of rotatable bonds is 2. The molecule has 0 radical (unpaired) electrons. The van der Waals surface area contributed by atoms with Gasteiger partial charge in [-0.05, 0) is 25.3 Å². The molecule has 1 fully saturated rings. The van der Waals surface area contributed by atoms with Gasteiger partial charge in [-0.2, -0.15) is 5.26 Å². The summed E-state index contributed by atoms with van der Waals surface area (Å²) in [7, 11) is 0. The molecule has 1 aromatic rings. The largest absolute Gasteiger partial charge is 0.300 e. The van der Waals surface area contributed by atoms with Gasteiger partial charge in [-0.3, -0.25) is 4.79 Å². The van der Waals surface area contributed by atoms with Crippen LogP contribution >= 0.6 is 0 Å². The number of nitrogens with zero attached hydrogens (tertiary/aromatic N) is 1. The lowest BCUT2D eigenvalue weighted by Gasteiger charge is -2.35. The van der Waals surface area contributed by atoms with E-state index < -0.39 is 0 Å². The number of carbonyl (C=O) groups is 1.